The van der Waals surface area contributed by atoms with E-state index in [0.717, 1.165) is 36.9 Å². The van der Waals surface area contributed by atoms with Gasteiger partial charge in [-0.2, -0.15) is 0 Å². The highest BCUT2D eigenvalue weighted by Crippen LogP contribution is 2.26. The van der Waals surface area contributed by atoms with Crippen LogP contribution in [0.5, 0.6) is 0 Å². The van der Waals surface area contributed by atoms with E-state index in [9.17, 15) is 4.79 Å². The minimum atomic E-state index is 0.121. The van der Waals surface area contributed by atoms with E-state index >= 15 is 0 Å². The van der Waals surface area contributed by atoms with Crippen LogP contribution in [-0.4, -0.2) is 11.6 Å². The first-order chi connectivity index (χ1) is 9.22. The number of para-hydroxylation sites is 1. The van der Waals surface area contributed by atoms with Crippen LogP contribution >= 0.6 is 0 Å². The summed E-state index contributed by atoms with van der Waals surface area (Å²) in [6.07, 6.45) is 6.24. The molecule has 3 heteroatoms. The van der Waals surface area contributed by atoms with Crippen LogP contribution in [0.1, 0.15) is 51.0 Å². The van der Waals surface area contributed by atoms with Gasteiger partial charge in [0.1, 0.15) is 0 Å². The van der Waals surface area contributed by atoms with Gasteiger partial charge in [0, 0.05) is 22.9 Å². The molecule has 1 fully saturated rings. The molecule has 102 valence electrons. The van der Waals surface area contributed by atoms with Gasteiger partial charge in [0.25, 0.3) is 0 Å². The quantitative estimate of drug-likeness (QED) is 0.788. The molecule has 1 amide bonds. The Morgan fingerprint density at radius 2 is 1.95 bits per heavy atom. The van der Waals surface area contributed by atoms with Gasteiger partial charge in [0.2, 0.25) is 5.91 Å². The van der Waals surface area contributed by atoms with Crippen molar-refractivity contribution in [3.63, 3.8) is 0 Å². The molecule has 19 heavy (non-hydrogen) atoms. The summed E-state index contributed by atoms with van der Waals surface area (Å²) in [6.45, 7) is 1.96. The summed E-state index contributed by atoms with van der Waals surface area (Å²) >= 11 is 0. The third kappa shape index (κ3) is 3.43. The molecule has 2 N–H and O–H groups in total. The maximum atomic E-state index is 12.2. The normalized spacial score (nSPS) is 16.1. The Kier molecular flexibility index (Phi) is 4.72. The van der Waals surface area contributed by atoms with Gasteiger partial charge in [-0.3, -0.25) is 4.79 Å². The molecule has 2 rings (SSSR count). The van der Waals surface area contributed by atoms with Crippen LogP contribution in [0.25, 0.3) is 0 Å². The predicted octanol–water partition coefficient (Wildman–Crippen LogP) is 3.98. The second kappa shape index (κ2) is 6.50. The molecule has 0 spiro atoms. The number of amides is 1. The van der Waals surface area contributed by atoms with E-state index in [1.807, 2.05) is 31.2 Å². The summed E-state index contributed by atoms with van der Waals surface area (Å²) in [7, 11) is 0. The van der Waals surface area contributed by atoms with Crippen LogP contribution in [0.4, 0.5) is 5.69 Å². The van der Waals surface area contributed by atoms with Crippen molar-refractivity contribution >= 4 is 17.3 Å². The molecule has 0 radical (unpaired) electrons. The summed E-state index contributed by atoms with van der Waals surface area (Å²) in [4.78, 5) is 12.2. The Morgan fingerprint density at radius 1 is 1.26 bits per heavy atom. The van der Waals surface area contributed by atoms with Crippen molar-refractivity contribution < 1.29 is 4.79 Å². The van der Waals surface area contributed by atoms with Crippen LogP contribution in [0, 0.1) is 11.3 Å². The maximum absolute atomic E-state index is 12.2. The molecule has 0 aliphatic heterocycles. The SMILES string of the molecule is CCC(=N)c1ccccc1NC(=O)C1CCCCC1. The van der Waals surface area contributed by atoms with Gasteiger partial charge in [0.15, 0.2) is 0 Å². The van der Waals surface area contributed by atoms with Gasteiger partial charge >= 0.3 is 0 Å². The molecular weight excluding hydrogens is 236 g/mol. The second-order valence-electron chi connectivity index (χ2n) is 5.20. The molecule has 0 unspecified atom stereocenters. The van der Waals surface area contributed by atoms with Gasteiger partial charge < -0.3 is 10.7 Å². The molecular formula is C16H22N2O. The van der Waals surface area contributed by atoms with Crippen LogP contribution in [0.3, 0.4) is 0 Å². The van der Waals surface area contributed by atoms with E-state index in [2.05, 4.69) is 5.32 Å². The Bertz CT molecular complexity index is 462. The number of benzene rings is 1. The molecule has 0 aromatic heterocycles. The topological polar surface area (TPSA) is 53.0 Å². The van der Waals surface area contributed by atoms with Gasteiger partial charge in [-0.15, -0.1) is 0 Å². The molecule has 1 aromatic rings. The maximum Gasteiger partial charge on any atom is 0.227 e. The highest BCUT2D eigenvalue weighted by molar-refractivity contribution is 6.06. The van der Waals surface area contributed by atoms with Crippen molar-refractivity contribution in [2.45, 2.75) is 45.4 Å². The van der Waals surface area contributed by atoms with Gasteiger partial charge in [-0.25, -0.2) is 0 Å². The van der Waals surface area contributed by atoms with Crippen LogP contribution in [-0.2, 0) is 4.79 Å². The predicted molar refractivity (Wildman–Crippen MR) is 78.8 cm³/mol. The number of hydrogen-bond donors (Lipinski definition) is 2. The zero-order valence-electron chi connectivity index (χ0n) is 11.5. The third-order valence-corrected chi connectivity index (χ3v) is 3.84. The first-order valence-corrected chi connectivity index (χ1v) is 7.20. The molecule has 1 aromatic carbocycles. The van der Waals surface area contributed by atoms with Crippen molar-refractivity contribution in [3.8, 4) is 0 Å². The van der Waals surface area contributed by atoms with Crippen molar-refractivity contribution in [3.05, 3.63) is 29.8 Å². The average molecular weight is 258 g/mol. The van der Waals surface area contributed by atoms with Crippen LogP contribution in [0.15, 0.2) is 24.3 Å². The zero-order chi connectivity index (χ0) is 13.7. The zero-order valence-corrected chi connectivity index (χ0v) is 11.5. The number of rotatable bonds is 4. The lowest BCUT2D eigenvalue weighted by molar-refractivity contribution is -0.120. The Hall–Kier alpha value is -1.64. The Morgan fingerprint density at radius 3 is 2.63 bits per heavy atom. The highest BCUT2D eigenvalue weighted by atomic mass is 16.1. The largest absolute Gasteiger partial charge is 0.325 e. The molecule has 0 bridgehead atoms. The summed E-state index contributed by atoms with van der Waals surface area (Å²) in [5.41, 5.74) is 2.19. The minimum Gasteiger partial charge on any atom is -0.325 e. The number of carbonyl (C=O) groups is 1. The molecule has 1 aliphatic carbocycles. The molecule has 3 nitrogen and oxygen atoms in total. The molecule has 1 aliphatic rings. The first-order valence-electron chi connectivity index (χ1n) is 7.20. The fourth-order valence-corrected chi connectivity index (χ4v) is 2.65. The lowest BCUT2D eigenvalue weighted by Crippen LogP contribution is -2.25. The summed E-state index contributed by atoms with van der Waals surface area (Å²) < 4.78 is 0. The number of nitrogens with one attached hydrogen (secondary N) is 2. The van der Waals surface area contributed by atoms with Crippen molar-refractivity contribution in [2.24, 2.45) is 5.92 Å². The van der Waals surface area contributed by atoms with Crippen molar-refractivity contribution in [1.29, 1.82) is 5.41 Å². The second-order valence-corrected chi connectivity index (χ2v) is 5.20. The molecule has 0 heterocycles. The fraction of sp³-hybridized carbons (Fsp3) is 0.500. The van der Waals surface area contributed by atoms with E-state index in [4.69, 9.17) is 5.41 Å². The minimum absolute atomic E-state index is 0.121. The molecule has 1 saturated carbocycles. The Balaban J connectivity index is 2.09. The molecule has 0 atom stereocenters. The third-order valence-electron chi connectivity index (χ3n) is 3.84. The summed E-state index contributed by atoms with van der Waals surface area (Å²) in [6, 6.07) is 7.61. The van der Waals surface area contributed by atoms with Crippen molar-refractivity contribution in [1.82, 2.24) is 0 Å². The van der Waals surface area contributed by atoms with E-state index < -0.39 is 0 Å². The van der Waals surface area contributed by atoms with Gasteiger partial charge in [0.05, 0.1) is 0 Å². The standard InChI is InChI=1S/C16H22N2O/c1-2-14(17)13-10-6-7-11-15(13)18-16(19)12-8-4-3-5-9-12/h6-7,10-12,17H,2-5,8-9H2,1H3,(H,18,19). The van der Waals surface area contributed by atoms with E-state index in [0.29, 0.717) is 12.1 Å². The monoisotopic (exact) mass is 258 g/mol. The average Bonchev–Trinajstić information content (AvgIpc) is 2.48. The summed E-state index contributed by atoms with van der Waals surface area (Å²) in [5, 5.41) is 11.0. The smallest absolute Gasteiger partial charge is 0.227 e. The van der Waals surface area contributed by atoms with E-state index in [1.54, 1.807) is 0 Å². The van der Waals surface area contributed by atoms with Crippen LogP contribution in [0.2, 0.25) is 0 Å². The lowest BCUT2D eigenvalue weighted by atomic mass is 9.88. The fourth-order valence-electron chi connectivity index (χ4n) is 2.65. The first kappa shape index (κ1) is 13.8. The summed E-state index contributed by atoms with van der Waals surface area (Å²) in [5.74, 6) is 0.272. The number of hydrogen-bond acceptors (Lipinski definition) is 2. The van der Waals surface area contributed by atoms with Crippen LogP contribution < -0.4 is 5.32 Å². The van der Waals surface area contributed by atoms with Gasteiger partial charge in [-0.1, -0.05) is 44.4 Å². The molecule has 0 saturated heterocycles. The van der Waals surface area contributed by atoms with E-state index in [1.165, 1.54) is 6.42 Å². The van der Waals surface area contributed by atoms with E-state index in [-0.39, 0.29) is 11.8 Å². The lowest BCUT2D eigenvalue weighted by Gasteiger charge is -2.21. The van der Waals surface area contributed by atoms with Gasteiger partial charge in [-0.05, 0) is 25.3 Å². The highest BCUT2D eigenvalue weighted by Gasteiger charge is 2.21. The van der Waals surface area contributed by atoms with Crippen molar-refractivity contribution in [2.75, 3.05) is 5.32 Å². The number of carbonyl (C=O) groups excluding carboxylic acids is 1. The Labute approximate surface area is 114 Å². The number of anilines is 1.